The van der Waals surface area contributed by atoms with E-state index in [1.54, 1.807) is 11.3 Å². The Hall–Kier alpha value is -0.610. The predicted molar refractivity (Wildman–Crippen MR) is 84.0 cm³/mol. The van der Waals surface area contributed by atoms with Crippen molar-refractivity contribution in [3.05, 3.63) is 10.6 Å². The van der Waals surface area contributed by atoms with Crippen LogP contribution in [-0.2, 0) is 0 Å². The minimum Gasteiger partial charge on any atom is -0.388 e. The number of anilines is 1. The van der Waals surface area contributed by atoms with Crippen molar-refractivity contribution in [2.75, 3.05) is 11.4 Å². The lowest BCUT2D eigenvalue weighted by molar-refractivity contribution is 0.202. The van der Waals surface area contributed by atoms with Gasteiger partial charge >= 0.3 is 0 Å². The Morgan fingerprint density at radius 1 is 1.21 bits per heavy atom. The zero-order valence-corrected chi connectivity index (χ0v) is 13.9. The number of nitrogens with zero attached hydrogens (tertiary/aromatic N) is 2. The van der Waals surface area contributed by atoms with E-state index in [9.17, 15) is 5.11 Å². The standard InChI is InChI=1S/C15H28N2OS/c1-7-13(8-2)17(9-10(3)4)15-16-11(5)14(19-15)12(6)18/h10,12-13,18H,7-9H2,1-6H3. The van der Waals surface area contributed by atoms with Crippen molar-refractivity contribution in [3.8, 4) is 0 Å². The first-order valence-corrected chi connectivity index (χ1v) is 8.14. The summed E-state index contributed by atoms with van der Waals surface area (Å²) >= 11 is 1.64. The van der Waals surface area contributed by atoms with Gasteiger partial charge in [-0.25, -0.2) is 4.98 Å². The normalized spacial score (nSPS) is 13.3. The summed E-state index contributed by atoms with van der Waals surface area (Å²) in [4.78, 5) is 8.11. The van der Waals surface area contributed by atoms with Crippen LogP contribution in [0.25, 0.3) is 0 Å². The first-order chi connectivity index (χ1) is 8.90. The van der Waals surface area contributed by atoms with E-state index < -0.39 is 6.10 Å². The fourth-order valence-electron chi connectivity index (χ4n) is 2.41. The molecule has 3 nitrogen and oxygen atoms in total. The molecule has 0 aliphatic heterocycles. The molecule has 0 bridgehead atoms. The molecule has 1 unspecified atom stereocenters. The van der Waals surface area contributed by atoms with Gasteiger partial charge in [-0.1, -0.05) is 39.0 Å². The van der Waals surface area contributed by atoms with Crippen LogP contribution in [0.5, 0.6) is 0 Å². The van der Waals surface area contributed by atoms with Crippen LogP contribution >= 0.6 is 11.3 Å². The van der Waals surface area contributed by atoms with Gasteiger partial charge in [-0.15, -0.1) is 0 Å². The molecule has 0 amide bonds. The number of hydrogen-bond donors (Lipinski definition) is 1. The SMILES string of the molecule is CCC(CC)N(CC(C)C)c1nc(C)c(C(C)O)s1. The maximum atomic E-state index is 9.79. The maximum Gasteiger partial charge on any atom is 0.186 e. The number of rotatable bonds is 7. The summed E-state index contributed by atoms with van der Waals surface area (Å²) in [5, 5.41) is 10.9. The van der Waals surface area contributed by atoms with Gasteiger partial charge in [0.15, 0.2) is 5.13 Å². The summed E-state index contributed by atoms with van der Waals surface area (Å²) < 4.78 is 0. The molecule has 110 valence electrons. The van der Waals surface area contributed by atoms with Gasteiger partial charge in [0, 0.05) is 12.6 Å². The highest BCUT2D eigenvalue weighted by molar-refractivity contribution is 7.15. The lowest BCUT2D eigenvalue weighted by Gasteiger charge is -2.31. The Bertz CT molecular complexity index is 383. The molecule has 1 rings (SSSR count). The van der Waals surface area contributed by atoms with E-state index in [0.717, 1.165) is 35.1 Å². The second kappa shape index (κ2) is 7.25. The van der Waals surface area contributed by atoms with Crippen molar-refractivity contribution >= 4 is 16.5 Å². The molecule has 0 fully saturated rings. The molecule has 0 aliphatic carbocycles. The van der Waals surface area contributed by atoms with Gasteiger partial charge in [0.1, 0.15) is 0 Å². The van der Waals surface area contributed by atoms with Crippen LogP contribution in [0.4, 0.5) is 5.13 Å². The minimum atomic E-state index is -0.422. The Balaban J connectivity index is 3.06. The van der Waals surface area contributed by atoms with Crippen molar-refractivity contribution < 1.29 is 5.11 Å². The van der Waals surface area contributed by atoms with Gasteiger partial charge in [0.2, 0.25) is 0 Å². The van der Waals surface area contributed by atoms with Crippen molar-refractivity contribution in [1.82, 2.24) is 4.98 Å². The van der Waals surface area contributed by atoms with Gasteiger partial charge in [-0.2, -0.15) is 0 Å². The average Bonchev–Trinajstić information content (AvgIpc) is 2.71. The summed E-state index contributed by atoms with van der Waals surface area (Å²) in [6, 6.07) is 0.537. The van der Waals surface area contributed by atoms with Gasteiger partial charge in [0.25, 0.3) is 0 Å². The predicted octanol–water partition coefficient (Wildman–Crippen LogP) is 4.16. The van der Waals surface area contributed by atoms with Crippen molar-refractivity contribution in [2.45, 2.75) is 66.5 Å². The molecule has 1 heterocycles. The van der Waals surface area contributed by atoms with E-state index in [1.165, 1.54) is 0 Å². The summed E-state index contributed by atoms with van der Waals surface area (Å²) in [7, 11) is 0. The van der Waals surface area contributed by atoms with Crippen LogP contribution in [0, 0.1) is 12.8 Å². The molecule has 0 saturated carbocycles. The lowest BCUT2D eigenvalue weighted by Crippen LogP contribution is -2.37. The average molecular weight is 284 g/mol. The molecule has 1 aromatic rings. The zero-order valence-electron chi connectivity index (χ0n) is 13.1. The zero-order chi connectivity index (χ0) is 14.6. The van der Waals surface area contributed by atoms with Crippen LogP contribution in [0.2, 0.25) is 0 Å². The van der Waals surface area contributed by atoms with E-state index in [0.29, 0.717) is 12.0 Å². The van der Waals surface area contributed by atoms with Gasteiger partial charge in [-0.05, 0) is 32.6 Å². The summed E-state index contributed by atoms with van der Waals surface area (Å²) in [6.07, 6.45) is 1.84. The molecule has 19 heavy (non-hydrogen) atoms. The molecule has 4 heteroatoms. The molecule has 1 N–H and O–H groups in total. The summed E-state index contributed by atoms with van der Waals surface area (Å²) in [5.41, 5.74) is 0.967. The van der Waals surface area contributed by atoms with Crippen LogP contribution < -0.4 is 4.90 Å². The molecule has 1 aromatic heterocycles. The fourth-order valence-corrected chi connectivity index (χ4v) is 3.49. The molecule has 1 atom stereocenters. The molecule has 0 radical (unpaired) electrons. The monoisotopic (exact) mass is 284 g/mol. The molecule has 0 aromatic carbocycles. The smallest absolute Gasteiger partial charge is 0.186 e. The van der Waals surface area contributed by atoms with Gasteiger partial charge < -0.3 is 10.0 Å². The fraction of sp³-hybridized carbons (Fsp3) is 0.800. The number of thiazole rings is 1. The number of hydrogen-bond acceptors (Lipinski definition) is 4. The van der Waals surface area contributed by atoms with Crippen molar-refractivity contribution in [3.63, 3.8) is 0 Å². The minimum absolute atomic E-state index is 0.422. The van der Waals surface area contributed by atoms with Crippen LogP contribution in [-0.4, -0.2) is 22.7 Å². The highest BCUT2D eigenvalue weighted by atomic mass is 32.1. The Morgan fingerprint density at radius 3 is 2.16 bits per heavy atom. The third-order valence-corrected chi connectivity index (χ3v) is 4.76. The van der Waals surface area contributed by atoms with E-state index in [2.05, 4.69) is 37.6 Å². The van der Waals surface area contributed by atoms with E-state index in [4.69, 9.17) is 0 Å². The third-order valence-electron chi connectivity index (χ3n) is 3.39. The summed E-state index contributed by atoms with van der Waals surface area (Å²) in [6.45, 7) is 13.8. The van der Waals surface area contributed by atoms with Crippen LogP contribution in [0.3, 0.4) is 0 Å². The lowest BCUT2D eigenvalue weighted by atomic mass is 10.1. The maximum absolute atomic E-state index is 9.79. The molecular formula is C15H28N2OS. The molecule has 0 spiro atoms. The summed E-state index contributed by atoms with van der Waals surface area (Å²) in [5.74, 6) is 0.611. The molecule has 0 aliphatic rings. The van der Waals surface area contributed by atoms with Crippen LogP contribution in [0.1, 0.15) is 64.1 Å². The first kappa shape index (κ1) is 16.4. The van der Waals surface area contributed by atoms with Crippen molar-refractivity contribution in [1.29, 1.82) is 0 Å². The third kappa shape index (κ3) is 4.18. The Labute approximate surface area is 121 Å². The highest BCUT2D eigenvalue weighted by Gasteiger charge is 2.22. The number of aryl methyl sites for hydroxylation is 1. The molecule has 0 saturated heterocycles. The quantitative estimate of drug-likeness (QED) is 0.817. The number of aliphatic hydroxyl groups is 1. The second-order valence-corrected chi connectivity index (χ2v) is 6.65. The topological polar surface area (TPSA) is 36.4 Å². The molecular weight excluding hydrogens is 256 g/mol. The highest BCUT2D eigenvalue weighted by Crippen LogP contribution is 2.33. The second-order valence-electron chi connectivity index (χ2n) is 5.64. The van der Waals surface area contributed by atoms with Gasteiger partial charge in [0.05, 0.1) is 16.7 Å². The van der Waals surface area contributed by atoms with Crippen molar-refractivity contribution in [2.24, 2.45) is 5.92 Å². The first-order valence-electron chi connectivity index (χ1n) is 7.32. The van der Waals surface area contributed by atoms with Crippen LogP contribution in [0.15, 0.2) is 0 Å². The van der Waals surface area contributed by atoms with E-state index in [1.807, 2.05) is 13.8 Å². The number of aliphatic hydroxyl groups excluding tert-OH is 1. The van der Waals surface area contributed by atoms with E-state index >= 15 is 0 Å². The van der Waals surface area contributed by atoms with Gasteiger partial charge in [-0.3, -0.25) is 0 Å². The van der Waals surface area contributed by atoms with E-state index in [-0.39, 0.29) is 0 Å². The Kier molecular flexibility index (Phi) is 6.27. The Morgan fingerprint density at radius 2 is 1.79 bits per heavy atom. The largest absolute Gasteiger partial charge is 0.388 e. The number of aromatic nitrogens is 1.